The van der Waals surface area contributed by atoms with Gasteiger partial charge < -0.3 is 19.8 Å². The summed E-state index contributed by atoms with van der Waals surface area (Å²) in [6.07, 6.45) is 1.19. The number of fused-ring (bicyclic) bond motifs is 1. The summed E-state index contributed by atoms with van der Waals surface area (Å²) in [7, 11) is 0. The quantitative estimate of drug-likeness (QED) is 0.880. The predicted octanol–water partition coefficient (Wildman–Crippen LogP) is 0.945. The van der Waals surface area contributed by atoms with Crippen LogP contribution >= 0.6 is 0 Å². The average Bonchev–Trinajstić information content (AvgIpc) is 2.53. The Morgan fingerprint density at radius 2 is 2.05 bits per heavy atom. The summed E-state index contributed by atoms with van der Waals surface area (Å²) in [6.45, 7) is 0.615. The summed E-state index contributed by atoms with van der Waals surface area (Å²) in [6, 6.07) is 10.4. The fraction of sp³-hybridized carbons (Fsp3) is 0.200. The molecule has 2 heterocycles. The van der Waals surface area contributed by atoms with Crippen molar-refractivity contribution in [1.29, 1.82) is 0 Å². The molecule has 0 saturated heterocycles. The Bertz CT molecular complexity index is 711. The minimum Gasteiger partial charge on any atom is -0.486 e. The van der Waals surface area contributed by atoms with Gasteiger partial charge in [-0.2, -0.15) is 0 Å². The number of H-pyrrole nitrogens is 1. The van der Waals surface area contributed by atoms with Gasteiger partial charge in [-0.3, -0.25) is 9.59 Å². The smallest absolute Gasteiger partial charge is 0.260 e. The number of pyridine rings is 1. The molecule has 21 heavy (non-hydrogen) atoms. The number of ether oxygens (including phenoxy) is 2. The molecule has 1 unspecified atom stereocenters. The highest BCUT2D eigenvalue weighted by atomic mass is 16.6. The number of nitrogens with one attached hydrogen (secondary N) is 2. The number of para-hydroxylation sites is 2. The molecule has 1 atom stereocenters. The topological polar surface area (TPSA) is 80.4 Å². The summed E-state index contributed by atoms with van der Waals surface area (Å²) in [5, 5.41) is 2.68. The maximum Gasteiger partial charge on any atom is 0.260 e. The fourth-order valence-corrected chi connectivity index (χ4v) is 2.07. The number of carbonyl (C=O) groups excluding carboxylic acids is 1. The molecule has 108 valence electrons. The zero-order valence-electron chi connectivity index (χ0n) is 11.2. The molecule has 3 rings (SSSR count). The maximum absolute atomic E-state index is 11.9. The predicted molar refractivity (Wildman–Crippen MR) is 75.7 cm³/mol. The van der Waals surface area contributed by atoms with Crippen molar-refractivity contribution in [2.45, 2.75) is 6.10 Å². The Hall–Kier alpha value is -2.76. The van der Waals surface area contributed by atoms with E-state index in [1.54, 1.807) is 6.07 Å². The van der Waals surface area contributed by atoms with Gasteiger partial charge in [0.15, 0.2) is 11.5 Å². The number of aromatic amines is 1. The third-order valence-electron chi connectivity index (χ3n) is 3.12. The van der Waals surface area contributed by atoms with Crippen LogP contribution in [0.4, 0.5) is 0 Å². The molecule has 1 amide bonds. The van der Waals surface area contributed by atoms with E-state index >= 15 is 0 Å². The van der Waals surface area contributed by atoms with Gasteiger partial charge in [0.05, 0.1) is 6.54 Å². The molecule has 1 aromatic carbocycles. The number of amides is 1. The number of carbonyl (C=O) groups is 1. The van der Waals surface area contributed by atoms with Crippen LogP contribution in [0.25, 0.3) is 0 Å². The van der Waals surface area contributed by atoms with Gasteiger partial charge in [0.1, 0.15) is 18.3 Å². The lowest BCUT2D eigenvalue weighted by molar-refractivity contribution is 0.0788. The minimum atomic E-state index is -0.431. The van der Waals surface area contributed by atoms with E-state index < -0.39 is 11.5 Å². The third-order valence-corrected chi connectivity index (χ3v) is 3.12. The van der Waals surface area contributed by atoms with Crippen LogP contribution < -0.4 is 20.3 Å². The summed E-state index contributed by atoms with van der Waals surface area (Å²) >= 11 is 0. The molecule has 6 heteroatoms. The van der Waals surface area contributed by atoms with Crippen LogP contribution in [0.1, 0.15) is 10.4 Å². The van der Waals surface area contributed by atoms with Crippen molar-refractivity contribution in [3.63, 3.8) is 0 Å². The number of rotatable bonds is 3. The second-order valence-electron chi connectivity index (χ2n) is 4.62. The van der Waals surface area contributed by atoms with E-state index in [1.807, 2.05) is 24.3 Å². The first-order valence-corrected chi connectivity index (χ1v) is 6.58. The Morgan fingerprint density at radius 1 is 1.24 bits per heavy atom. The van der Waals surface area contributed by atoms with Crippen molar-refractivity contribution in [1.82, 2.24) is 10.3 Å². The van der Waals surface area contributed by atoms with Crippen LogP contribution in [0.2, 0.25) is 0 Å². The van der Waals surface area contributed by atoms with E-state index in [9.17, 15) is 9.59 Å². The summed E-state index contributed by atoms with van der Waals surface area (Å²) in [4.78, 5) is 25.9. The first kappa shape index (κ1) is 13.2. The van der Waals surface area contributed by atoms with E-state index in [2.05, 4.69) is 10.3 Å². The first-order valence-electron chi connectivity index (χ1n) is 6.58. The minimum absolute atomic E-state index is 0.0784. The van der Waals surface area contributed by atoms with Crippen molar-refractivity contribution >= 4 is 5.91 Å². The van der Waals surface area contributed by atoms with Gasteiger partial charge in [0, 0.05) is 6.20 Å². The highest BCUT2D eigenvalue weighted by molar-refractivity contribution is 5.93. The summed E-state index contributed by atoms with van der Waals surface area (Å²) < 4.78 is 11.3. The second kappa shape index (κ2) is 5.70. The van der Waals surface area contributed by atoms with Crippen molar-refractivity contribution < 1.29 is 14.3 Å². The van der Waals surface area contributed by atoms with Crippen molar-refractivity contribution in [3.8, 4) is 11.5 Å². The first-order chi connectivity index (χ1) is 10.2. The van der Waals surface area contributed by atoms with Crippen LogP contribution in [0.3, 0.4) is 0 Å². The van der Waals surface area contributed by atoms with Crippen molar-refractivity contribution in [3.05, 3.63) is 58.5 Å². The van der Waals surface area contributed by atoms with Crippen LogP contribution in [0.15, 0.2) is 47.4 Å². The van der Waals surface area contributed by atoms with Crippen LogP contribution in [-0.4, -0.2) is 30.1 Å². The zero-order valence-corrected chi connectivity index (χ0v) is 11.2. The van der Waals surface area contributed by atoms with E-state index in [0.29, 0.717) is 18.1 Å². The molecule has 2 aromatic rings. The van der Waals surface area contributed by atoms with E-state index in [0.717, 1.165) is 0 Å². The van der Waals surface area contributed by atoms with E-state index in [-0.39, 0.29) is 18.2 Å². The Labute approximate surface area is 120 Å². The molecule has 0 spiro atoms. The number of benzene rings is 1. The summed E-state index contributed by atoms with van der Waals surface area (Å²) in [5.74, 6) is 0.916. The molecule has 2 N–H and O–H groups in total. The lowest BCUT2D eigenvalue weighted by Crippen LogP contribution is -2.41. The molecule has 1 aliphatic rings. The monoisotopic (exact) mass is 286 g/mol. The largest absolute Gasteiger partial charge is 0.486 e. The Balaban J connectivity index is 1.61. The van der Waals surface area contributed by atoms with Gasteiger partial charge in [-0.1, -0.05) is 12.1 Å². The van der Waals surface area contributed by atoms with Gasteiger partial charge in [-0.25, -0.2) is 0 Å². The maximum atomic E-state index is 11.9. The zero-order chi connectivity index (χ0) is 14.7. The lowest BCUT2D eigenvalue weighted by Gasteiger charge is -2.26. The highest BCUT2D eigenvalue weighted by Crippen LogP contribution is 2.30. The molecule has 1 aliphatic heterocycles. The highest BCUT2D eigenvalue weighted by Gasteiger charge is 2.21. The normalized spacial score (nSPS) is 16.3. The number of aromatic nitrogens is 1. The van der Waals surface area contributed by atoms with Crippen LogP contribution in [0.5, 0.6) is 11.5 Å². The SMILES string of the molecule is O=C(NCC1COc2ccccc2O1)c1ccc[nH]c1=O. The Morgan fingerprint density at radius 3 is 2.86 bits per heavy atom. The molecule has 0 radical (unpaired) electrons. The molecule has 0 fully saturated rings. The lowest BCUT2D eigenvalue weighted by atomic mass is 10.2. The second-order valence-corrected chi connectivity index (χ2v) is 4.62. The Kier molecular flexibility index (Phi) is 3.59. The molecule has 1 aromatic heterocycles. The average molecular weight is 286 g/mol. The van der Waals surface area contributed by atoms with E-state index in [4.69, 9.17) is 9.47 Å². The van der Waals surface area contributed by atoms with Crippen molar-refractivity contribution in [2.75, 3.05) is 13.2 Å². The molecule has 0 bridgehead atoms. The van der Waals surface area contributed by atoms with Gasteiger partial charge in [0.25, 0.3) is 11.5 Å². The van der Waals surface area contributed by atoms with Gasteiger partial charge >= 0.3 is 0 Å². The molecular weight excluding hydrogens is 272 g/mol. The third kappa shape index (κ3) is 2.89. The van der Waals surface area contributed by atoms with Crippen molar-refractivity contribution in [2.24, 2.45) is 0 Å². The van der Waals surface area contributed by atoms with E-state index in [1.165, 1.54) is 12.3 Å². The number of hydrogen-bond donors (Lipinski definition) is 2. The number of hydrogen-bond acceptors (Lipinski definition) is 4. The molecule has 6 nitrogen and oxygen atoms in total. The summed E-state index contributed by atoms with van der Waals surface area (Å²) in [5.41, 5.74) is -0.337. The van der Waals surface area contributed by atoms with Gasteiger partial charge in [0.2, 0.25) is 0 Å². The van der Waals surface area contributed by atoms with Gasteiger partial charge in [-0.15, -0.1) is 0 Å². The van der Waals surface area contributed by atoms with Crippen LogP contribution in [0, 0.1) is 0 Å². The van der Waals surface area contributed by atoms with Gasteiger partial charge in [-0.05, 0) is 24.3 Å². The standard InChI is InChI=1S/C15H14N2O4/c18-14-11(4-3-7-16-14)15(19)17-8-10-9-20-12-5-1-2-6-13(12)21-10/h1-7,10H,8-9H2,(H,16,18)(H,17,19). The van der Waals surface area contributed by atoms with Crippen LogP contribution in [-0.2, 0) is 0 Å². The molecular formula is C15H14N2O4. The molecule has 0 aliphatic carbocycles. The fourth-order valence-electron chi connectivity index (χ4n) is 2.07. The molecule has 0 saturated carbocycles.